The van der Waals surface area contributed by atoms with E-state index in [0.29, 0.717) is 25.9 Å². The largest absolute Gasteiger partial charge is 0.316 e. The maximum absolute atomic E-state index is 14.2. The van der Waals surface area contributed by atoms with Crippen LogP contribution in [0.1, 0.15) is 18.4 Å². The zero-order valence-electron chi connectivity index (χ0n) is 8.90. The molecule has 1 aromatic carbocycles. The maximum Gasteiger partial charge on any atom is 0.129 e. The van der Waals surface area contributed by atoms with Gasteiger partial charge in [-0.2, -0.15) is 0 Å². The molecule has 1 nitrogen and oxygen atoms in total. The van der Waals surface area contributed by atoms with Gasteiger partial charge in [-0.05, 0) is 37.6 Å². The molecule has 0 saturated carbocycles. The van der Waals surface area contributed by atoms with E-state index in [1.807, 2.05) is 0 Å². The molecule has 1 heterocycles. The Morgan fingerprint density at radius 3 is 2.50 bits per heavy atom. The predicted octanol–water partition coefficient (Wildman–Crippen LogP) is 2.60. The van der Waals surface area contributed by atoms with E-state index < -0.39 is 17.3 Å². The normalized spacial score (nSPS) is 19.7. The van der Waals surface area contributed by atoms with Gasteiger partial charge in [0.1, 0.15) is 17.3 Å². The van der Waals surface area contributed by atoms with Crippen molar-refractivity contribution in [1.82, 2.24) is 5.32 Å². The lowest BCUT2D eigenvalue weighted by atomic mass is 9.87. The van der Waals surface area contributed by atoms with Crippen LogP contribution in [0, 0.1) is 11.6 Å². The Labute approximate surface area is 92.7 Å². The zero-order chi connectivity index (χ0) is 11.6. The van der Waals surface area contributed by atoms with Crippen molar-refractivity contribution < 1.29 is 13.2 Å². The number of hydrogen-bond acceptors (Lipinski definition) is 1. The van der Waals surface area contributed by atoms with Crippen LogP contribution in [0.3, 0.4) is 0 Å². The molecule has 1 aliphatic heterocycles. The first kappa shape index (κ1) is 11.5. The van der Waals surface area contributed by atoms with Crippen molar-refractivity contribution in [2.75, 3.05) is 13.1 Å². The highest BCUT2D eigenvalue weighted by molar-refractivity contribution is 5.20. The minimum absolute atomic E-state index is 0.0286. The van der Waals surface area contributed by atoms with E-state index >= 15 is 0 Å². The third-order valence-electron chi connectivity index (χ3n) is 3.02. The molecule has 1 N–H and O–H groups in total. The van der Waals surface area contributed by atoms with Crippen LogP contribution in [0.5, 0.6) is 0 Å². The van der Waals surface area contributed by atoms with Crippen LogP contribution < -0.4 is 5.32 Å². The second-order valence-electron chi connectivity index (χ2n) is 4.31. The third-order valence-corrected chi connectivity index (χ3v) is 3.02. The molecule has 0 aromatic heterocycles. The predicted molar refractivity (Wildman–Crippen MR) is 56.0 cm³/mol. The maximum atomic E-state index is 14.2. The summed E-state index contributed by atoms with van der Waals surface area (Å²) in [4.78, 5) is 0. The van der Waals surface area contributed by atoms with Gasteiger partial charge < -0.3 is 5.32 Å². The summed E-state index contributed by atoms with van der Waals surface area (Å²) in [5.41, 5.74) is -1.10. The Balaban J connectivity index is 2.13. The van der Waals surface area contributed by atoms with Crippen molar-refractivity contribution in [3.8, 4) is 0 Å². The van der Waals surface area contributed by atoms with Crippen LogP contribution in [0.15, 0.2) is 18.2 Å². The quantitative estimate of drug-likeness (QED) is 0.822. The van der Waals surface area contributed by atoms with Gasteiger partial charge in [0.15, 0.2) is 0 Å². The van der Waals surface area contributed by atoms with Crippen molar-refractivity contribution in [2.24, 2.45) is 0 Å². The third kappa shape index (κ3) is 2.55. The van der Waals surface area contributed by atoms with Crippen LogP contribution in [-0.2, 0) is 6.42 Å². The molecule has 2 rings (SSSR count). The van der Waals surface area contributed by atoms with Gasteiger partial charge in [-0.1, -0.05) is 6.07 Å². The van der Waals surface area contributed by atoms with Crippen LogP contribution in [0.25, 0.3) is 0 Å². The summed E-state index contributed by atoms with van der Waals surface area (Å²) < 4.78 is 40.3. The Hall–Kier alpha value is -1.03. The lowest BCUT2D eigenvalue weighted by molar-refractivity contribution is 0.115. The second-order valence-corrected chi connectivity index (χ2v) is 4.31. The van der Waals surface area contributed by atoms with Gasteiger partial charge in [0.25, 0.3) is 0 Å². The molecule has 0 bridgehead atoms. The molecule has 0 unspecified atom stereocenters. The van der Waals surface area contributed by atoms with E-state index in [2.05, 4.69) is 5.32 Å². The number of halogens is 3. The highest BCUT2D eigenvalue weighted by Crippen LogP contribution is 2.28. The van der Waals surface area contributed by atoms with Crippen molar-refractivity contribution in [3.63, 3.8) is 0 Å². The van der Waals surface area contributed by atoms with E-state index in [1.54, 1.807) is 0 Å². The summed E-state index contributed by atoms with van der Waals surface area (Å²) >= 11 is 0. The summed E-state index contributed by atoms with van der Waals surface area (Å²) in [6.45, 7) is 1.22. The molecule has 0 aliphatic carbocycles. The van der Waals surface area contributed by atoms with Crippen molar-refractivity contribution in [3.05, 3.63) is 35.4 Å². The molecular weight excluding hydrogens is 215 g/mol. The molecule has 0 amide bonds. The first-order chi connectivity index (χ1) is 7.59. The van der Waals surface area contributed by atoms with Gasteiger partial charge in [0.2, 0.25) is 0 Å². The van der Waals surface area contributed by atoms with E-state index in [1.165, 1.54) is 12.1 Å². The summed E-state index contributed by atoms with van der Waals surface area (Å²) in [5.74, 6) is -1.28. The number of rotatable bonds is 2. The highest BCUT2D eigenvalue weighted by Gasteiger charge is 2.32. The van der Waals surface area contributed by atoms with Crippen LogP contribution >= 0.6 is 0 Å². The molecule has 16 heavy (non-hydrogen) atoms. The SMILES string of the molecule is Fc1ccc(CC2(F)CCNCC2)c(F)c1. The monoisotopic (exact) mass is 229 g/mol. The fourth-order valence-electron chi connectivity index (χ4n) is 2.06. The average molecular weight is 229 g/mol. The Morgan fingerprint density at radius 1 is 1.19 bits per heavy atom. The molecular formula is C12H14F3N. The number of alkyl halides is 1. The fourth-order valence-corrected chi connectivity index (χ4v) is 2.06. The minimum Gasteiger partial charge on any atom is -0.316 e. The topological polar surface area (TPSA) is 12.0 Å². The summed E-state index contributed by atoms with van der Waals surface area (Å²) in [7, 11) is 0. The molecule has 1 aromatic rings. The zero-order valence-corrected chi connectivity index (χ0v) is 8.90. The minimum atomic E-state index is -1.36. The summed E-state index contributed by atoms with van der Waals surface area (Å²) in [6, 6.07) is 3.30. The highest BCUT2D eigenvalue weighted by atomic mass is 19.1. The lowest BCUT2D eigenvalue weighted by Gasteiger charge is -2.30. The molecule has 1 aliphatic rings. The van der Waals surface area contributed by atoms with Crippen LogP contribution in [-0.4, -0.2) is 18.8 Å². The molecule has 4 heteroatoms. The summed E-state index contributed by atoms with van der Waals surface area (Å²) in [6.07, 6.45) is 0.786. The number of benzene rings is 1. The first-order valence-electron chi connectivity index (χ1n) is 5.43. The molecule has 0 radical (unpaired) electrons. The standard InChI is InChI=1S/C12H14F3N/c13-10-2-1-9(11(14)7-10)8-12(15)3-5-16-6-4-12/h1-2,7,16H,3-6,8H2. The number of nitrogens with one attached hydrogen (secondary N) is 1. The molecule has 1 fully saturated rings. The Kier molecular flexibility index (Phi) is 3.19. The van der Waals surface area contributed by atoms with Gasteiger partial charge in [0, 0.05) is 12.5 Å². The van der Waals surface area contributed by atoms with Crippen molar-refractivity contribution in [1.29, 1.82) is 0 Å². The number of piperidine rings is 1. The van der Waals surface area contributed by atoms with Crippen LogP contribution in [0.4, 0.5) is 13.2 Å². The first-order valence-corrected chi connectivity index (χ1v) is 5.43. The molecule has 1 saturated heterocycles. The van der Waals surface area contributed by atoms with E-state index in [-0.39, 0.29) is 12.0 Å². The van der Waals surface area contributed by atoms with Gasteiger partial charge in [0.05, 0.1) is 0 Å². The second kappa shape index (κ2) is 4.45. The summed E-state index contributed by atoms with van der Waals surface area (Å²) in [5, 5.41) is 3.06. The molecule has 0 atom stereocenters. The smallest absolute Gasteiger partial charge is 0.129 e. The van der Waals surface area contributed by atoms with Crippen molar-refractivity contribution >= 4 is 0 Å². The lowest BCUT2D eigenvalue weighted by Crippen LogP contribution is -2.40. The van der Waals surface area contributed by atoms with Gasteiger partial charge in [-0.3, -0.25) is 0 Å². The number of hydrogen-bond donors (Lipinski definition) is 1. The molecule has 88 valence electrons. The Bertz CT molecular complexity index is 373. The van der Waals surface area contributed by atoms with Gasteiger partial charge in [-0.25, -0.2) is 13.2 Å². The van der Waals surface area contributed by atoms with Crippen molar-refractivity contribution in [2.45, 2.75) is 24.9 Å². The van der Waals surface area contributed by atoms with Gasteiger partial charge >= 0.3 is 0 Å². The average Bonchev–Trinajstić information content (AvgIpc) is 2.23. The van der Waals surface area contributed by atoms with E-state index in [0.717, 1.165) is 6.07 Å². The fraction of sp³-hybridized carbons (Fsp3) is 0.500. The molecule has 0 spiro atoms. The van der Waals surface area contributed by atoms with Gasteiger partial charge in [-0.15, -0.1) is 0 Å². The Morgan fingerprint density at radius 2 is 1.88 bits per heavy atom. The van der Waals surface area contributed by atoms with E-state index in [9.17, 15) is 13.2 Å². The van der Waals surface area contributed by atoms with E-state index in [4.69, 9.17) is 0 Å². The van der Waals surface area contributed by atoms with Crippen LogP contribution in [0.2, 0.25) is 0 Å².